The average molecular weight is 466 g/mol. The molecule has 6 heteroatoms. The largest absolute Gasteiger partial charge is 0.482 e. The van der Waals surface area contributed by atoms with Crippen molar-refractivity contribution < 1.29 is 14.6 Å². The first kappa shape index (κ1) is 22.6. The van der Waals surface area contributed by atoms with Gasteiger partial charge in [-0.1, -0.05) is 84.1 Å². The molecule has 4 aromatic rings. The zero-order valence-corrected chi connectivity index (χ0v) is 19.4. The highest BCUT2D eigenvalue weighted by atomic mass is 16.5. The molecule has 1 aromatic heterocycles. The van der Waals surface area contributed by atoms with E-state index in [4.69, 9.17) is 9.84 Å². The molecule has 0 bridgehead atoms. The fraction of sp³-hybridized carbons (Fsp3) is 0.207. The lowest BCUT2D eigenvalue weighted by atomic mass is 9.86. The van der Waals surface area contributed by atoms with Gasteiger partial charge in [0.15, 0.2) is 6.61 Å². The molecule has 0 atom stereocenters. The molecular formula is C29H27N3O3. The minimum atomic E-state index is -0.973. The molecule has 0 spiro atoms. The lowest BCUT2D eigenvalue weighted by Gasteiger charge is -2.22. The van der Waals surface area contributed by atoms with Gasteiger partial charge in [0.1, 0.15) is 5.75 Å². The van der Waals surface area contributed by atoms with Gasteiger partial charge in [-0.3, -0.25) is 0 Å². The second-order valence-corrected chi connectivity index (χ2v) is 8.64. The van der Waals surface area contributed by atoms with Gasteiger partial charge in [0, 0.05) is 5.56 Å². The summed E-state index contributed by atoms with van der Waals surface area (Å²) in [5.41, 5.74) is 6.86. The molecule has 0 saturated carbocycles. The fourth-order valence-corrected chi connectivity index (χ4v) is 4.85. The Morgan fingerprint density at radius 2 is 1.69 bits per heavy atom. The molecule has 0 fully saturated rings. The molecule has 5 rings (SSSR count). The molecule has 3 aromatic carbocycles. The number of allylic oxidation sites excluding steroid dienone is 2. The number of carboxylic acids is 1. The highest BCUT2D eigenvalue weighted by Crippen LogP contribution is 2.36. The Balaban J connectivity index is 1.46. The molecular weight excluding hydrogens is 438 g/mol. The normalized spacial score (nSPS) is 14.1. The first-order valence-electron chi connectivity index (χ1n) is 11.8. The highest BCUT2D eigenvalue weighted by molar-refractivity contribution is 5.73. The van der Waals surface area contributed by atoms with Gasteiger partial charge < -0.3 is 9.84 Å². The zero-order valence-electron chi connectivity index (χ0n) is 19.4. The summed E-state index contributed by atoms with van der Waals surface area (Å²) in [6, 6.07) is 26.7. The maximum atomic E-state index is 11.0. The van der Waals surface area contributed by atoms with Gasteiger partial charge in [-0.15, -0.1) is 5.10 Å². The van der Waals surface area contributed by atoms with E-state index in [0.717, 1.165) is 36.1 Å². The van der Waals surface area contributed by atoms with E-state index in [1.165, 1.54) is 16.7 Å². The number of nitrogens with zero attached hydrogens (tertiary/aromatic N) is 3. The van der Waals surface area contributed by atoms with Crippen LogP contribution < -0.4 is 4.74 Å². The van der Waals surface area contributed by atoms with E-state index >= 15 is 0 Å². The van der Waals surface area contributed by atoms with Crippen LogP contribution >= 0.6 is 0 Å². The molecule has 35 heavy (non-hydrogen) atoms. The van der Waals surface area contributed by atoms with Crippen LogP contribution in [0.15, 0.2) is 91.1 Å². The molecule has 0 unspecified atom stereocenters. The van der Waals surface area contributed by atoms with Crippen LogP contribution in [-0.4, -0.2) is 32.7 Å². The van der Waals surface area contributed by atoms with Crippen molar-refractivity contribution in [3.8, 4) is 5.75 Å². The van der Waals surface area contributed by atoms with Crippen LogP contribution in [0.3, 0.4) is 0 Å². The Kier molecular flexibility index (Phi) is 6.70. The third-order valence-electron chi connectivity index (χ3n) is 6.42. The van der Waals surface area contributed by atoms with Crippen LogP contribution in [-0.2, 0) is 17.8 Å². The smallest absolute Gasteiger partial charge is 0.341 e. The maximum absolute atomic E-state index is 11.0. The van der Waals surface area contributed by atoms with E-state index in [-0.39, 0.29) is 12.5 Å². The fourth-order valence-electron chi connectivity index (χ4n) is 4.85. The number of rotatable bonds is 8. The van der Waals surface area contributed by atoms with Crippen molar-refractivity contribution in [2.24, 2.45) is 0 Å². The quantitative estimate of drug-likeness (QED) is 0.380. The van der Waals surface area contributed by atoms with Crippen molar-refractivity contribution in [2.75, 3.05) is 6.61 Å². The minimum Gasteiger partial charge on any atom is -0.482 e. The third kappa shape index (κ3) is 5.01. The summed E-state index contributed by atoms with van der Waals surface area (Å²) in [5, 5.41) is 17.7. The summed E-state index contributed by atoms with van der Waals surface area (Å²) in [4.78, 5) is 11.0. The summed E-state index contributed by atoms with van der Waals surface area (Å²) in [5.74, 6) is -0.287. The van der Waals surface area contributed by atoms with Gasteiger partial charge in [-0.2, -0.15) is 0 Å². The van der Waals surface area contributed by atoms with Crippen molar-refractivity contribution >= 4 is 11.5 Å². The lowest BCUT2D eigenvalue weighted by molar-refractivity contribution is -0.139. The number of carbonyl (C=O) groups is 1. The number of hydrogen-bond donors (Lipinski definition) is 1. The number of benzene rings is 3. The molecule has 0 amide bonds. The minimum absolute atomic E-state index is 0.0282. The molecule has 0 aliphatic heterocycles. The third-order valence-corrected chi connectivity index (χ3v) is 6.42. The van der Waals surface area contributed by atoms with Crippen molar-refractivity contribution in [1.29, 1.82) is 0 Å². The highest BCUT2D eigenvalue weighted by Gasteiger charge is 2.22. The van der Waals surface area contributed by atoms with Crippen molar-refractivity contribution in [3.63, 3.8) is 0 Å². The Labute approximate surface area is 204 Å². The Morgan fingerprint density at radius 3 is 2.37 bits per heavy atom. The molecule has 0 radical (unpaired) electrons. The Morgan fingerprint density at radius 1 is 0.971 bits per heavy atom. The second-order valence-electron chi connectivity index (χ2n) is 8.64. The summed E-state index contributed by atoms with van der Waals surface area (Å²) in [7, 11) is 0. The Hall–Kier alpha value is -4.19. The van der Waals surface area contributed by atoms with Crippen molar-refractivity contribution in [1.82, 2.24) is 15.0 Å². The van der Waals surface area contributed by atoms with E-state index in [2.05, 4.69) is 71.0 Å². The molecule has 0 saturated heterocycles. The number of aromatic nitrogens is 3. The topological polar surface area (TPSA) is 77.2 Å². The van der Waals surface area contributed by atoms with Gasteiger partial charge in [0.2, 0.25) is 0 Å². The van der Waals surface area contributed by atoms with Crippen LogP contribution in [0.25, 0.3) is 5.57 Å². The predicted octanol–water partition coefficient (Wildman–Crippen LogP) is 5.34. The van der Waals surface area contributed by atoms with Gasteiger partial charge in [-0.05, 0) is 47.6 Å². The summed E-state index contributed by atoms with van der Waals surface area (Å²) >= 11 is 0. The number of ether oxygens (including phenoxy) is 1. The van der Waals surface area contributed by atoms with E-state index in [1.54, 1.807) is 0 Å². The molecule has 176 valence electrons. The number of hydrogen-bond acceptors (Lipinski definition) is 4. The molecule has 1 aliphatic carbocycles. The maximum Gasteiger partial charge on any atom is 0.341 e. The average Bonchev–Trinajstić information content (AvgIpc) is 3.35. The monoisotopic (exact) mass is 465 g/mol. The van der Waals surface area contributed by atoms with Crippen LogP contribution in [0.4, 0.5) is 0 Å². The predicted molar refractivity (Wildman–Crippen MR) is 134 cm³/mol. The van der Waals surface area contributed by atoms with E-state index in [1.807, 2.05) is 35.1 Å². The summed E-state index contributed by atoms with van der Waals surface area (Å²) in [6.07, 6.45) is 6.90. The first-order valence-corrected chi connectivity index (χ1v) is 11.8. The van der Waals surface area contributed by atoms with E-state index < -0.39 is 5.97 Å². The van der Waals surface area contributed by atoms with Crippen LogP contribution in [0.2, 0.25) is 0 Å². The van der Waals surface area contributed by atoms with Crippen LogP contribution in [0.5, 0.6) is 5.75 Å². The Bertz CT molecular complexity index is 1290. The SMILES string of the molecule is O=C(O)COc1cccc2c1CCCC2=CCn1nncc1C(c1ccccc1)c1ccccc1. The summed E-state index contributed by atoms with van der Waals surface area (Å²) < 4.78 is 7.53. The van der Waals surface area contributed by atoms with Crippen molar-refractivity contribution in [2.45, 2.75) is 31.7 Å². The van der Waals surface area contributed by atoms with Crippen LogP contribution in [0, 0.1) is 0 Å². The lowest BCUT2D eigenvalue weighted by Crippen LogP contribution is -2.13. The molecule has 1 heterocycles. The standard InChI is InChI=1S/C29H27N3O3/c33-28(34)20-35-27-16-8-14-24-21(13-7-15-25(24)27)17-18-32-26(19-30-31-32)29(22-9-3-1-4-10-22)23-11-5-2-6-12-23/h1-6,8-12,14,16-17,19,29H,7,13,15,18,20H2,(H,33,34). The van der Waals surface area contributed by atoms with Gasteiger partial charge in [0.25, 0.3) is 0 Å². The number of fused-ring (bicyclic) bond motifs is 1. The number of carboxylic acid groups (broad SMARTS) is 1. The van der Waals surface area contributed by atoms with Crippen LogP contribution in [0.1, 0.15) is 46.7 Å². The van der Waals surface area contributed by atoms with Gasteiger partial charge >= 0.3 is 5.97 Å². The second kappa shape index (κ2) is 10.4. The molecule has 1 aliphatic rings. The van der Waals surface area contributed by atoms with E-state index in [0.29, 0.717) is 12.3 Å². The summed E-state index contributed by atoms with van der Waals surface area (Å²) in [6.45, 7) is 0.263. The number of aliphatic carboxylic acids is 1. The molecule has 1 N–H and O–H groups in total. The zero-order chi connectivity index (χ0) is 24.0. The van der Waals surface area contributed by atoms with E-state index in [9.17, 15) is 4.79 Å². The first-order chi connectivity index (χ1) is 17.2. The molecule has 6 nitrogen and oxygen atoms in total. The van der Waals surface area contributed by atoms with Crippen molar-refractivity contribution in [3.05, 3.63) is 119 Å². The van der Waals surface area contributed by atoms with Gasteiger partial charge in [-0.25, -0.2) is 9.48 Å². The van der Waals surface area contributed by atoms with Gasteiger partial charge in [0.05, 0.1) is 24.4 Å².